The molecule has 0 bridgehead atoms. The Labute approximate surface area is 112 Å². The highest BCUT2D eigenvalue weighted by atomic mass is 16.5. The lowest BCUT2D eigenvalue weighted by Gasteiger charge is -2.14. The average Bonchev–Trinajstić information content (AvgIpc) is 2.99. The first kappa shape index (κ1) is 12.2. The van der Waals surface area contributed by atoms with Gasteiger partial charge in [-0.3, -0.25) is 4.98 Å². The van der Waals surface area contributed by atoms with Crippen molar-refractivity contribution in [1.82, 2.24) is 4.98 Å². The first-order valence-electron chi connectivity index (χ1n) is 6.77. The summed E-state index contributed by atoms with van der Waals surface area (Å²) in [4.78, 5) is 16.2. The van der Waals surface area contributed by atoms with E-state index in [1.54, 1.807) is 6.20 Å². The maximum atomic E-state index is 11.8. The van der Waals surface area contributed by atoms with Gasteiger partial charge in [-0.25, -0.2) is 4.79 Å². The van der Waals surface area contributed by atoms with Crippen LogP contribution in [0.25, 0.3) is 10.9 Å². The molecule has 3 nitrogen and oxygen atoms in total. The second kappa shape index (κ2) is 5.00. The molecule has 1 saturated carbocycles. The predicted octanol–water partition coefficient (Wildman–Crippen LogP) is 3.68. The molecule has 0 radical (unpaired) electrons. The van der Waals surface area contributed by atoms with Crippen molar-refractivity contribution in [2.75, 3.05) is 7.11 Å². The van der Waals surface area contributed by atoms with E-state index in [2.05, 4.69) is 17.1 Å². The van der Waals surface area contributed by atoms with Gasteiger partial charge in [-0.15, -0.1) is 0 Å². The first-order chi connectivity index (χ1) is 9.31. The summed E-state index contributed by atoms with van der Waals surface area (Å²) in [6.07, 6.45) is 6.80. The van der Waals surface area contributed by atoms with Crippen LogP contribution in [0.2, 0.25) is 0 Å². The van der Waals surface area contributed by atoms with Crippen LogP contribution in [0.3, 0.4) is 0 Å². The number of rotatable bonds is 2. The standard InChI is InChI=1S/C16H17NO2/c1-19-16(18)14-9-8-12(11-5-2-3-6-11)13-7-4-10-17-15(13)14/h4,7-11H,2-3,5-6H2,1H3. The molecule has 1 heterocycles. The van der Waals surface area contributed by atoms with E-state index in [0.717, 1.165) is 10.9 Å². The van der Waals surface area contributed by atoms with E-state index in [1.165, 1.54) is 38.4 Å². The van der Waals surface area contributed by atoms with Crippen LogP contribution in [0.5, 0.6) is 0 Å². The number of aromatic nitrogens is 1. The molecular formula is C16H17NO2. The first-order valence-corrected chi connectivity index (χ1v) is 6.77. The Bertz CT molecular complexity index is 615. The van der Waals surface area contributed by atoms with Gasteiger partial charge in [-0.1, -0.05) is 25.0 Å². The topological polar surface area (TPSA) is 39.2 Å². The molecule has 19 heavy (non-hydrogen) atoms. The van der Waals surface area contributed by atoms with Crippen LogP contribution in [0.4, 0.5) is 0 Å². The predicted molar refractivity (Wildman–Crippen MR) is 74.3 cm³/mol. The third-order valence-electron chi connectivity index (χ3n) is 4.00. The highest BCUT2D eigenvalue weighted by Crippen LogP contribution is 2.37. The summed E-state index contributed by atoms with van der Waals surface area (Å²) in [5.74, 6) is 0.292. The molecule has 98 valence electrons. The molecule has 0 N–H and O–H groups in total. The van der Waals surface area contributed by atoms with Crippen molar-refractivity contribution in [2.24, 2.45) is 0 Å². The Morgan fingerprint density at radius 3 is 2.79 bits per heavy atom. The summed E-state index contributed by atoms with van der Waals surface area (Å²) < 4.78 is 4.83. The van der Waals surface area contributed by atoms with Gasteiger partial charge in [0, 0.05) is 11.6 Å². The summed E-state index contributed by atoms with van der Waals surface area (Å²) in [7, 11) is 1.40. The number of methoxy groups -OCH3 is 1. The third kappa shape index (κ3) is 2.09. The van der Waals surface area contributed by atoms with Gasteiger partial charge in [0.2, 0.25) is 0 Å². The van der Waals surface area contributed by atoms with Gasteiger partial charge in [0.15, 0.2) is 0 Å². The average molecular weight is 255 g/mol. The molecule has 0 amide bonds. The van der Waals surface area contributed by atoms with Crippen molar-refractivity contribution in [3.63, 3.8) is 0 Å². The Balaban J connectivity index is 2.18. The second-order valence-electron chi connectivity index (χ2n) is 5.07. The second-order valence-corrected chi connectivity index (χ2v) is 5.07. The minimum Gasteiger partial charge on any atom is -0.465 e. The maximum absolute atomic E-state index is 11.8. The van der Waals surface area contributed by atoms with E-state index in [1.807, 2.05) is 12.1 Å². The van der Waals surface area contributed by atoms with Gasteiger partial charge in [0.1, 0.15) is 0 Å². The summed E-state index contributed by atoms with van der Waals surface area (Å²) >= 11 is 0. The lowest BCUT2D eigenvalue weighted by Crippen LogP contribution is -2.05. The quantitative estimate of drug-likeness (QED) is 0.768. The van der Waals surface area contributed by atoms with Gasteiger partial charge in [0.05, 0.1) is 18.2 Å². The molecule has 1 aromatic heterocycles. The van der Waals surface area contributed by atoms with Crippen molar-refractivity contribution in [3.8, 4) is 0 Å². The van der Waals surface area contributed by atoms with Crippen LogP contribution in [0.1, 0.15) is 47.5 Å². The molecule has 1 aliphatic carbocycles. The fourth-order valence-corrected chi connectivity index (χ4v) is 3.06. The number of pyridine rings is 1. The van der Waals surface area contributed by atoms with Gasteiger partial charge in [0.25, 0.3) is 0 Å². The lowest BCUT2D eigenvalue weighted by atomic mass is 9.92. The number of carbonyl (C=O) groups is 1. The molecule has 2 aromatic rings. The van der Waals surface area contributed by atoms with E-state index in [9.17, 15) is 4.79 Å². The Kier molecular flexibility index (Phi) is 3.20. The largest absolute Gasteiger partial charge is 0.465 e. The van der Waals surface area contributed by atoms with E-state index in [4.69, 9.17) is 4.74 Å². The fourth-order valence-electron chi connectivity index (χ4n) is 3.06. The van der Waals surface area contributed by atoms with Crippen molar-refractivity contribution in [1.29, 1.82) is 0 Å². The number of fused-ring (bicyclic) bond motifs is 1. The zero-order chi connectivity index (χ0) is 13.2. The van der Waals surface area contributed by atoms with Crippen LogP contribution in [0, 0.1) is 0 Å². The summed E-state index contributed by atoms with van der Waals surface area (Å²) in [5.41, 5.74) is 2.65. The van der Waals surface area contributed by atoms with Crippen molar-refractivity contribution in [3.05, 3.63) is 41.6 Å². The number of esters is 1. The molecule has 0 aliphatic heterocycles. The number of hydrogen-bond donors (Lipinski definition) is 0. The number of carbonyl (C=O) groups excluding carboxylic acids is 1. The highest BCUT2D eigenvalue weighted by Gasteiger charge is 2.21. The third-order valence-corrected chi connectivity index (χ3v) is 4.00. The SMILES string of the molecule is COC(=O)c1ccc(C2CCCC2)c2cccnc12. The van der Waals surface area contributed by atoms with Crippen molar-refractivity contribution in [2.45, 2.75) is 31.6 Å². The fraction of sp³-hybridized carbons (Fsp3) is 0.375. The van der Waals surface area contributed by atoms with Gasteiger partial charge >= 0.3 is 5.97 Å². The van der Waals surface area contributed by atoms with Crippen molar-refractivity contribution < 1.29 is 9.53 Å². The van der Waals surface area contributed by atoms with Crippen LogP contribution in [-0.4, -0.2) is 18.1 Å². The zero-order valence-corrected chi connectivity index (χ0v) is 11.1. The van der Waals surface area contributed by atoms with Crippen molar-refractivity contribution >= 4 is 16.9 Å². The monoisotopic (exact) mass is 255 g/mol. The van der Waals surface area contributed by atoms with Gasteiger partial charge in [-0.2, -0.15) is 0 Å². The summed E-state index contributed by atoms with van der Waals surface area (Å²) in [6, 6.07) is 7.92. The molecule has 1 aromatic carbocycles. The normalized spacial score (nSPS) is 15.8. The van der Waals surface area contributed by atoms with E-state index in [-0.39, 0.29) is 5.97 Å². The van der Waals surface area contributed by atoms with E-state index in [0.29, 0.717) is 11.5 Å². The van der Waals surface area contributed by atoms with Gasteiger partial charge in [-0.05, 0) is 36.5 Å². The molecular weight excluding hydrogens is 238 g/mol. The molecule has 0 atom stereocenters. The number of ether oxygens (including phenoxy) is 1. The van der Waals surface area contributed by atoms with Gasteiger partial charge < -0.3 is 4.74 Å². The minimum absolute atomic E-state index is 0.318. The summed E-state index contributed by atoms with van der Waals surface area (Å²) in [6.45, 7) is 0. The Morgan fingerprint density at radius 1 is 1.26 bits per heavy atom. The van der Waals surface area contributed by atoms with Crippen LogP contribution in [-0.2, 0) is 4.74 Å². The van der Waals surface area contributed by atoms with E-state index < -0.39 is 0 Å². The molecule has 1 aliphatic rings. The number of nitrogens with zero attached hydrogens (tertiary/aromatic N) is 1. The highest BCUT2D eigenvalue weighted by molar-refractivity contribution is 6.03. The van der Waals surface area contributed by atoms with Crippen LogP contribution < -0.4 is 0 Å². The summed E-state index contributed by atoms with van der Waals surface area (Å²) in [5, 5.41) is 1.09. The smallest absolute Gasteiger partial charge is 0.340 e. The lowest BCUT2D eigenvalue weighted by molar-refractivity contribution is 0.0603. The number of benzene rings is 1. The molecule has 3 heteroatoms. The molecule has 3 rings (SSSR count). The Morgan fingerprint density at radius 2 is 2.05 bits per heavy atom. The molecule has 1 fully saturated rings. The Hall–Kier alpha value is -1.90. The zero-order valence-electron chi connectivity index (χ0n) is 11.1. The van der Waals surface area contributed by atoms with Crippen LogP contribution >= 0.6 is 0 Å². The minimum atomic E-state index is -0.318. The van der Waals surface area contributed by atoms with E-state index >= 15 is 0 Å². The molecule has 0 saturated heterocycles. The van der Waals surface area contributed by atoms with Crippen LogP contribution in [0.15, 0.2) is 30.5 Å². The number of hydrogen-bond acceptors (Lipinski definition) is 3. The molecule has 0 spiro atoms. The maximum Gasteiger partial charge on any atom is 0.340 e. The molecule has 0 unspecified atom stereocenters.